The molecule has 7 nitrogen and oxygen atoms in total. The molecule has 3 unspecified atom stereocenters. The Morgan fingerprint density at radius 3 is 2.81 bits per heavy atom. The Bertz CT molecular complexity index is 1010. The molecule has 3 atom stereocenters. The van der Waals surface area contributed by atoms with E-state index >= 15 is 0 Å². The number of hydrogen-bond donors (Lipinski definition) is 2. The number of aryl methyl sites for hydroxylation is 1. The molecule has 2 aliphatic rings. The molecule has 2 heterocycles. The second kappa shape index (κ2) is 8.36. The Morgan fingerprint density at radius 2 is 2.13 bits per heavy atom. The van der Waals surface area contributed by atoms with E-state index in [1.807, 2.05) is 0 Å². The maximum atomic E-state index is 9.86. The van der Waals surface area contributed by atoms with Gasteiger partial charge in [0.25, 0.3) is 5.89 Å². The highest BCUT2D eigenvalue weighted by atomic mass is 16.5. The van der Waals surface area contributed by atoms with Crippen LogP contribution >= 0.6 is 0 Å². The Hall–Kier alpha value is -2.25. The highest BCUT2D eigenvalue weighted by Gasteiger charge is 2.33. The molecule has 2 N–H and O–H groups in total. The first kappa shape index (κ1) is 22.0. The Kier molecular flexibility index (Phi) is 5.92. The molecule has 31 heavy (non-hydrogen) atoms. The molecule has 0 radical (unpaired) electrons. The molecule has 0 saturated heterocycles. The third-order valence-corrected chi connectivity index (χ3v) is 6.83. The Morgan fingerprint density at radius 1 is 1.35 bits per heavy atom. The van der Waals surface area contributed by atoms with Crippen LogP contribution in [0.1, 0.15) is 64.5 Å². The molecule has 0 saturated carbocycles. The van der Waals surface area contributed by atoms with E-state index in [1.54, 1.807) is 0 Å². The van der Waals surface area contributed by atoms with Crippen LogP contribution in [0.5, 0.6) is 0 Å². The minimum absolute atomic E-state index is 0.188. The van der Waals surface area contributed by atoms with Crippen LogP contribution in [0, 0.1) is 17.3 Å². The first-order valence-electron chi connectivity index (χ1n) is 11.3. The third-order valence-electron chi connectivity index (χ3n) is 6.83. The van der Waals surface area contributed by atoms with Gasteiger partial charge in [0.1, 0.15) is 0 Å². The van der Waals surface area contributed by atoms with Crippen LogP contribution in [-0.4, -0.2) is 42.8 Å². The SMILES string of the molecule is CCn1nc(-c2nc(C3=CC(C)C(CC(O)CO)C(C)=C3)no2)c2c1CC(C)(C)CC2. The number of aromatic nitrogens is 4. The summed E-state index contributed by atoms with van der Waals surface area (Å²) in [6, 6.07) is 0. The predicted octanol–water partition coefficient (Wildman–Crippen LogP) is 3.81. The molecular weight excluding hydrogens is 392 g/mol. The van der Waals surface area contributed by atoms with Crippen LogP contribution in [0.3, 0.4) is 0 Å². The van der Waals surface area contributed by atoms with Gasteiger partial charge in [-0.2, -0.15) is 10.1 Å². The first-order chi connectivity index (χ1) is 14.7. The van der Waals surface area contributed by atoms with E-state index in [0.29, 0.717) is 18.1 Å². The molecule has 168 valence electrons. The molecule has 2 aliphatic carbocycles. The highest BCUT2D eigenvalue weighted by molar-refractivity contribution is 5.72. The number of hydrogen-bond acceptors (Lipinski definition) is 6. The minimum Gasteiger partial charge on any atom is -0.394 e. The van der Waals surface area contributed by atoms with Crippen molar-refractivity contribution in [3.63, 3.8) is 0 Å². The predicted molar refractivity (Wildman–Crippen MR) is 119 cm³/mol. The van der Waals surface area contributed by atoms with Gasteiger partial charge < -0.3 is 14.7 Å². The number of aliphatic hydroxyl groups excluding tert-OH is 2. The van der Waals surface area contributed by atoms with Crippen LogP contribution < -0.4 is 0 Å². The van der Waals surface area contributed by atoms with Crippen LogP contribution in [0.25, 0.3) is 17.2 Å². The summed E-state index contributed by atoms with van der Waals surface area (Å²) in [6.07, 6.45) is 7.13. The summed E-state index contributed by atoms with van der Waals surface area (Å²) in [6.45, 7) is 11.5. The van der Waals surface area contributed by atoms with E-state index in [4.69, 9.17) is 14.6 Å². The lowest BCUT2D eigenvalue weighted by molar-refractivity contribution is 0.0738. The molecule has 0 amide bonds. The normalized spacial score (nSPS) is 23.8. The summed E-state index contributed by atoms with van der Waals surface area (Å²) < 4.78 is 7.76. The lowest BCUT2D eigenvalue weighted by atomic mass is 9.76. The number of aliphatic hydroxyl groups is 2. The van der Waals surface area contributed by atoms with E-state index in [1.165, 1.54) is 11.3 Å². The van der Waals surface area contributed by atoms with Crippen molar-refractivity contribution in [3.05, 3.63) is 34.8 Å². The van der Waals surface area contributed by atoms with Crippen LogP contribution in [-0.2, 0) is 19.4 Å². The maximum Gasteiger partial charge on any atom is 0.279 e. The second-order valence-electron chi connectivity index (χ2n) is 9.90. The van der Waals surface area contributed by atoms with Crippen molar-refractivity contribution >= 4 is 5.57 Å². The van der Waals surface area contributed by atoms with Gasteiger partial charge in [-0.15, -0.1) is 0 Å². The number of allylic oxidation sites excluding steroid dienone is 4. The zero-order valence-corrected chi connectivity index (χ0v) is 19.2. The summed E-state index contributed by atoms with van der Waals surface area (Å²) in [4.78, 5) is 4.71. The van der Waals surface area contributed by atoms with Gasteiger partial charge in [-0.1, -0.05) is 43.7 Å². The molecule has 0 spiro atoms. The topological polar surface area (TPSA) is 97.2 Å². The fourth-order valence-electron chi connectivity index (χ4n) is 4.99. The van der Waals surface area contributed by atoms with Crippen LogP contribution in [0.15, 0.2) is 22.2 Å². The molecule has 0 bridgehead atoms. The van der Waals surface area contributed by atoms with E-state index in [9.17, 15) is 10.2 Å². The van der Waals surface area contributed by atoms with Crippen molar-refractivity contribution < 1.29 is 14.7 Å². The van der Waals surface area contributed by atoms with Gasteiger partial charge in [-0.3, -0.25) is 4.68 Å². The molecular formula is C24H34N4O3. The second-order valence-corrected chi connectivity index (χ2v) is 9.90. The van der Waals surface area contributed by atoms with Gasteiger partial charge in [-0.05, 0) is 56.8 Å². The summed E-state index contributed by atoms with van der Waals surface area (Å²) in [5.41, 5.74) is 5.72. The lowest BCUT2D eigenvalue weighted by Crippen LogP contribution is -2.24. The molecule has 0 fully saturated rings. The summed E-state index contributed by atoms with van der Waals surface area (Å²) >= 11 is 0. The quantitative estimate of drug-likeness (QED) is 0.729. The van der Waals surface area contributed by atoms with Crippen molar-refractivity contribution in [3.8, 4) is 11.6 Å². The lowest BCUT2D eigenvalue weighted by Gasteiger charge is -2.30. The van der Waals surface area contributed by atoms with Gasteiger partial charge in [0.2, 0.25) is 5.82 Å². The zero-order valence-electron chi connectivity index (χ0n) is 19.2. The molecule has 7 heteroatoms. The average Bonchev–Trinajstić information content (AvgIpc) is 3.34. The molecule has 2 aromatic heterocycles. The molecule has 2 aromatic rings. The first-order valence-corrected chi connectivity index (χ1v) is 11.3. The van der Waals surface area contributed by atoms with Gasteiger partial charge in [0.05, 0.1) is 12.7 Å². The van der Waals surface area contributed by atoms with E-state index in [2.05, 4.69) is 56.6 Å². The van der Waals surface area contributed by atoms with Gasteiger partial charge in [0, 0.05) is 23.4 Å². The monoisotopic (exact) mass is 426 g/mol. The Balaban J connectivity index is 1.62. The van der Waals surface area contributed by atoms with Crippen LogP contribution in [0.2, 0.25) is 0 Å². The largest absolute Gasteiger partial charge is 0.394 e. The van der Waals surface area contributed by atoms with Crippen molar-refractivity contribution in [1.29, 1.82) is 0 Å². The van der Waals surface area contributed by atoms with Gasteiger partial charge in [0.15, 0.2) is 5.69 Å². The van der Waals surface area contributed by atoms with Gasteiger partial charge in [-0.25, -0.2) is 0 Å². The minimum atomic E-state index is -0.702. The zero-order chi connectivity index (χ0) is 22.3. The van der Waals surface area contributed by atoms with E-state index in [-0.39, 0.29) is 23.9 Å². The average molecular weight is 427 g/mol. The van der Waals surface area contributed by atoms with Crippen molar-refractivity contribution in [2.45, 2.75) is 73.0 Å². The summed E-state index contributed by atoms with van der Waals surface area (Å²) in [7, 11) is 0. The smallest absolute Gasteiger partial charge is 0.279 e. The highest BCUT2D eigenvalue weighted by Crippen LogP contribution is 2.39. The molecule has 0 aliphatic heterocycles. The fourth-order valence-corrected chi connectivity index (χ4v) is 4.99. The number of rotatable bonds is 6. The molecule has 0 aromatic carbocycles. The molecule has 4 rings (SSSR count). The van der Waals surface area contributed by atoms with E-state index in [0.717, 1.165) is 42.6 Å². The number of fused-ring (bicyclic) bond motifs is 1. The van der Waals surface area contributed by atoms with E-state index < -0.39 is 6.10 Å². The number of nitrogens with zero attached hydrogens (tertiary/aromatic N) is 4. The van der Waals surface area contributed by atoms with Crippen molar-refractivity contribution in [1.82, 2.24) is 19.9 Å². The van der Waals surface area contributed by atoms with Crippen LogP contribution in [0.4, 0.5) is 0 Å². The van der Waals surface area contributed by atoms with Gasteiger partial charge >= 0.3 is 0 Å². The van der Waals surface area contributed by atoms with Crippen molar-refractivity contribution in [2.75, 3.05) is 6.61 Å². The standard InChI is InChI=1S/C24H34N4O3/c1-6-28-20-12-24(4,5)8-7-18(20)21(26-28)23-25-22(27-31-23)16-9-14(2)19(15(3)10-16)11-17(30)13-29/h9-10,14,17,19,29-30H,6-8,11-13H2,1-5H3. The van der Waals surface area contributed by atoms with Crippen molar-refractivity contribution in [2.24, 2.45) is 17.3 Å². The maximum absolute atomic E-state index is 9.86. The summed E-state index contributed by atoms with van der Waals surface area (Å²) in [5.74, 6) is 1.44. The third kappa shape index (κ3) is 4.26. The summed E-state index contributed by atoms with van der Waals surface area (Å²) in [5, 5.41) is 28.1. The fraction of sp³-hybridized carbons (Fsp3) is 0.625. The Labute approximate surface area is 183 Å².